The van der Waals surface area contributed by atoms with Gasteiger partial charge in [0.2, 0.25) is 0 Å². The lowest BCUT2D eigenvalue weighted by molar-refractivity contribution is 0.0780. The van der Waals surface area contributed by atoms with Crippen LogP contribution in [0.25, 0.3) is 5.57 Å². The first kappa shape index (κ1) is 25.4. The van der Waals surface area contributed by atoms with Crippen LogP contribution in [-0.2, 0) is 4.74 Å². The zero-order valence-electron chi connectivity index (χ0n) is 20.0. The summed E-state index contributed by atoms with van der Waals surface area (Å²) in [6.45, 7) is 0. The number of thioether (sulfide) groups is 1. The van der Waals surface area contributed by atoms with Crippen molar-refractivity contribution in [3.63, 3.8) is 0 Å². The first-order valence-electron chi connectivity index (χ1n) is 11.5. The van der Waals surface area contributed by atoms with Crippen molar-refractivity contribution in [2.45, 2.75) is 42.6 Å². The van der Waals surface area contributed by atoms with Crippen molar-refractivity contribution in [3.8, 4) is 11.8 Å². The second-order valence-electron chi connectivity index (χ2n) is 9.14. The highest BCUT2D eigenvalue weighted by Crippen LogP contribution is 2.70. The molecular formula is C25H31F2N5O2S. The number of nitrogens with two attached hydrogens (primary N) is 2. The number of rotatable bonds is 8. The summed E-state index contributed by atoms with van der Waals surface area (Å²) in [5.41, 5.74) is 13.8. The van der Waals surface area contributed by atoms with Crippen molar-refractivity contribution in [1.29, 1.82) is 0 Å². The van der Waals surface area contributed by atoms with Crippen molar-refractivity contribution in [2.75, 3.05) is 26.5 Å². The van der Waals surface area contributed by atoms with Crippen LogP contribution in [0.1, 0.15) is 35.2 Å². The number of alkyl halides is 2. The van der Waals surface area contributed by atoms with E-state index in [1.165, 1.54) is 37.1 Å². The standard InChI is InChI=1S/C25H31F2N5O2S/c1-30-15-5-6-16(17(10-15)18-11-19(22(26)27)32(2)13-20(18)34-3)23(33)31-24(29)35-21(28)7-4-14-12-25(14)8-9-25/h5-6,10-11,13-14,19,21-22,24,30H,8-9,12,28-29H2,1-3H3,(H,31,33). The van der Waals surface area contributed by atoms with Gasteiger partial charge in [-0.05, 0) is 54.5 Å². The Balaban J connectivity index is 1.52. The fourth-order valence-corrected chi connectivity index (χ4v) is 4.97. The summed E-state index contributed by atoms with van der Waals surface area (Å²) in [7, 11) is 4.75. The molecule has 6 N–H and O–H groups in total. The van der Waals surface area contributed by atoms with Gasteiger partial charge in [0.15, 0.2) is 0 Å². The van der Waals surface area contributed by atoms with Gasteiger partial charge >= 0.3 is 0 Å². The molecule has 1 aromatic rings. The van der Waals surface area contributed by atoms with E-state index in [4.69, 9.17) is 16.2 Å². The van der Waals surface area contributed by atoms with Crippen LogP contribution in [0.15, 0.2) is 36.2 Å². The smallest absolute Gasteiger partial charge is 0.262 e. The van der Waals surface area contributed by atoms with E-state index in [0.29, 0.717) is 33.9 Å². The Morgan fingerprint density at radius 3 is 2.69 bits per heavy atom. The number of anilines is 1. The van der Waals surface area contributed by atoms with Gasteiger partial charge in [0.25, 0.3) is 12.3 Å². The molecule has 10 heteroatoms. The van der Waals surface area contributed by atoms with Crippen LogP contribution in [-0.4, -0.2) is 55.4 Å². The Morgan fingerprint density at radius 2 is 2.09 bits per heavy atom. The largest absolute Gasteiger partial charge is 0.495 e. The van der Waals surface area contributed by atoms with Crippen LogP contribution in [0.2, 0.25) is 0 Å². The van der Waals surface area contributed by atoms with Gasteiger partial charge in [-0.25, -0.2) is 8.78 Å². The predicted molar refractivity (Wildman–Crippen MR) is 135 cm³/mol. The number of hydrogen-bond acceptors (Lipinski definition) is 7. The van der Waals surface area contributed by atoms with E-state index in [0.717, 1.165) is 18.2 Å². The number of ether oxygens (including phenoxy) is 1. The van der Waals surface area contributed by atoms with Crippen LogP contribution in [0, 0.1) is 23.2 Å². The lowest BCUT2D eigenvalue weighted by Crippen LogP contribution is -2.41. The maximum atomic E-state index is 13.7. The van der Waals surface area contributed by atoms with E-state index in [2.05, 4.69) is 22.5 Å². The Kier molecular flexibility index (Phi) is 7.31. The average molecular weight is 504 g/mol. The quantitative estimate of drug-likeness (QED) is 0.319. The molecule has 2 saturated carbocycles. The number of likely N-dealkylation sites (N-methyl/N-ethyl adjacent to an activating group) is 1. The molecule has 7 nitrogen and oxygen atoms in total. The maximum Gasteiger partial charge on any atom is 0.262 e. The number of allylic oxidation sites excluding steroid dienone is 1. The summed E-state index contributed by atoms with van der Waals surface area (Å²) in [4.78, 5) is 14.6. The highest BCUT2D eigenvalue weighted by Gasteiger charge is 2.62. The third-order valence-corrected chi connectivity index (χ3v) is 7.59. The van der Waals surface area contributed by atoms with Gasteiger partial charge in [-0.15, -0.1) is 0 Å². The lowest BCUT2D eigenvalue weighted by atomic mass is 9.93. The van der Waals surface area contributed by atoms with E-state index in [-0.39, 0.29) is 5.56 Å². The Bertz CT molecular complexity index is 1110. The fraction of sp³-hybridized carbons (Fsp3) is 0.480. The molecule has 188 valence electrons. The fourth-order valence-electron chi connectivity index (χ4n) is 4.35. The van der Waals surface area contributed by atoms with E-state index < -0.39 is 29.2 Å². The van der Waals surface area contributed by atoms with Crippen LogP contribution < -0.4 is 22.1 Å². The summed E-state index contributed by atoms with van der Waals surface area (Å²) in [5, 5.41) is 5.23. The summed E-state index contributed by atoms with van der Waals surface area (Å²) in [6, 6.07) is 3.92. The zero-order chi connectivity index (χ0) is 25.3. The summed E-state index contributed by atoms with van der Waals surface area (Å²) in [6.07, 6.45) is 3.96. The minimum absolute atomic E-state index is 0.278. The number of halogens is 2. The number of carbonyl (C=O) groups is 1. The molecule has 4 rings (SSSR count). The summed E-state index contributed by atoms with van der Waals surface area (Å²) < 4.78 is 32.8. The zero-order valence-corrected chi connectivity index (χ0v) is 20.8. The van der Waals surface area contributed by atoms with Crippen LogP contribution >= 0.6 is 11.8 Å². The van der Waals surface area contributed by atoms with Crippen LogP contribution in [0.4, 0.5) is 14.5 Å². The second kappa shape index (κ2) is 10.1. The highest BCUT2D eigenvalue weighted by molar-refractivity contribution is 8.00. The Hall–Kier alpha value is -2.74. The van der Waals surface area contributed by atoms with Crippen molar-refractivity contribution in [1.82, 2.24) is 10.2 Å². The third kappa shape index (κ3) is 5.58. The molecule has 1 amide bonds. The van der Waals surface area contributed by atoms with Crippen LogP contribution in [0.5, 0.6) is 0 Å². The van der Waals surface area contributed by atoms with Gasteiger partial charge in [0.05, 0.1) is 7.11 Å². The lowest BCUT2D eigenvalue weighted by Gasteiger charge is -2.30. The number of nitrogens with one attached hydrogen (secondary N) is 2. The number of methoxy groups -OCH3 is 1. The van der Waals surface area contributed by atoms with Gasteiger partial charge in [-0.1, -0.05) is 23.6 Å². The Morgan fingerprint density at radius 1 is 1.34 bits per heavy atom. The van der Waals surface area contributed by atoms with Crippen molar-refractivity contribution >= 4 is 28.9 Å². The minimum Gasteiger partial charge on any atom is -0.495 e. The van der Waals surface area contributed by atoms with E-state index in [1.54, 1.807) is 32.3 Å². The number of nitrogens with zero attached hydrogens (tertiary/aromatic N) is 1. The summed E-state index contributed by atoms with van der Waals surface area (Å²) >= 11 is 1.15. The number of hydrogen-bond donors (Lipinski definition) is 4. The number of amides is 1. The SMILES string of the molecule is CNc1ccc(C(=O)NC(N)SC(N)C#CC2CC23CC3)c(C2=CC(C(F)F)N(C)C=C2OC)c1. The molecule has 35 heavy (non-hydrogen) atoms. The number of benzene rings is 1. The molecule has 2 aliphatic carbocycles. The second-order valence-corrected chi connectivity index (χ2v) is 10.4. The van der Waals surface area contributed by atoms with Crippen LogP contribution in [0.3, 0.4) is 0 Å². The highest BCUT2D eigenvalue weighted by atomic mass is 32.2. The molecule has 4 unspecified atom stereocenters. The molecule has 1 spiro atoms. The van der Waals surface area contributed by atoms with E-state index in [1.807, 2.05) is 0 Å². The molecular weight excluding hydrogens is 472 g/mol. The first-order chi connectivity index (χ1) is 16.7. The van der Waals surface area contributed by atoms with E-state index >= 15 is 0 Å². The predicted octanol–water partition coefficient (Wildman–Crippen LogP) is 2.97. The van der Waals surface area contributed by atoms with Gasteiger partial charge in [0, 0.05) is 43.0 Å². The van der Waals surface area contributed by atoms with Gasteiger partial charge in [-0.2, -0.15) is 0 Å². The van der Waals surface area contributed by atoms with Crippen molar-refractivity contribution in [2.24, 2.45) is 22.8 Å². The third-order valence-electron chi connectivity index (χ3n) is 6.76. The molecule has 1 aromatic carbocycles. The molecule has 0 radical (unpaired) electrons. The van der Waals surface area contributed by atoms with Gasteiger partial charge in [-0.3, -0.25) is 4.79 Å². The Labute approximate surface area is 208 Å². The first-order valence-corrected chi connectivity index (χ1v) is 12.4. The monoisotopic (exact) mass is 503 g/mol. The summed E-state index contributed by atoms with van der Waals surface area (Å²) in [5.74, 6) is 6.63. The normalized spacial score (nSPS) is 23.5. The average Bonchev–Trinajstić information content (AvgIpc) is 3.75. The molecule has 2 fully saturated rings. The van der Waals surface area contributed by atoms with Gasteiger partial charge in [0.1, 0.15) is 22.7 Å². The van der Waals surface area contributed by atoms with Crippen molar-refractivity contribution < 1.29 is 18.3 Å². The molecule has 1 heterocycles. The van der Waals surface area contributed by atoms with Crippen molar-refractivity contribution in [3.05, 3.63) is 47.4 Å². The molecule has 4 atom stereocenters. The van der Waals surface area contributed by atoms with E-state index in [9.17, 15) is 13.6 Å². The molecule has 0 saturated heterocycles. The topological polar surface area (TPSA) is 106 Å². The molecule has 0 aromatic heterocycles. The number of carbonyl (C=O) groups excluding carboxylic acids is 1. The molecule has 3 aliphatic rings. The maximum absolute atomic E-state index is 13.7. The molecule has 1 aliphatic heterocycles. The molecule has 0 bridgehead atoms. The minimum atomic E-state index is -2.62. The van der Waals surface area contributed by atoms with Gasteiger partial charge < -0.3 is 31.7 Å².